The minimum Gasteiger partial charge on any atom is -0.332 e. The summed E-state index contributed by atoms with van der Waals surface area (Å²) in [6, 6.07) is 3.17. The van der Waals surface area contributed by atoms with Crippen LogP contribution >= 0.6 is 0 Å². The Morgan fingerprint density at radius 1 is 1.39 bits per heavy atom. The molecular weight excluding hydrogens is 302 g/mol. The van der Waals surface area contributed by atoms with Gasteiger partial charge in [-0.2, -0.15) is 5.10 Å². The summed E-state index contributed by atoms with van der Waals surface area (Å²) in [5, 5.41) is 8.76. The van der Waals surface area contributed by atoms with Crippen molar-refractivity contribution in [3.63, 3.8) is 0 Å². The lowest BCUT2D eigenvalue weighted by molar-refractivity contribution is -0.682. The van der Waals surface area contributed by atoms with Gasteiger partial charge in [0.15, 0.2) is 6.54 Å². The van der Waals surface area contributed by atoms with E-state index in [2.05, 4.69) is 10.4 Å². The van der Waals surface area contributed by atoms with Crippen LogP contribution in [0.25, 0.3) is 0 Å². The number of carbonyl (C=O) groups excluding carboxylic acids is 1. The van der Waals surface area contributed by atoms with Crippen LogP contribution in [0.1, 0.15) is 29.9 Å². The number of aryl methyl sites for hydroxylation is 2. The van der Waals surface area contributed by atoms with Crippen LogP contribution in [0.3, 0.4) is 0 Å². The predicted octanol–water partition coefficient (Wildman–Crippen LogP) is 1.58. The molecule has 0 aliphatic heterocycles. The van der Waals surface area contributed by atoms with E-state index < -0.39 is 11.6 Å². The highest BCUT2D eigenvalue weighted by molar-refractivity contribution is 5.92. The van der Waals surface area contributed by atoms with Crippen molar-refractivity contribution < 1.29 is 18.9 Å². The number of hydrogen-bond donors (Lipinski definition) is 2. The zero-order valence-electron chi connectivity index (χ0n) is 13.7. The van der Waals surface area contributed by atoms with Crippen LogP contribution < -0.4 is 10.6 Å². The second kappa shape index (κ2) is 6.87. The summed E-state index contributed by atoms with van der Waals surface area (Å²) in [7, 11) is 1.81. The Bertz CT molecular complexity index is 727. The fraction of sp³-hybridized carbons (Fsp3) is 0.375. The molecule has 0 saturated heterocycles. The molecule has 0 unspecified atom stereocenters. The van der Waals surface area contributed by atoms with Gasteiger partial charge in [-0.1, -0.05) is 0 Å². The number of nitrogens with two attached hydrogens (primary N) is 1. The summed E-state index contributed by atoms with van der Waals surface area (Å²) in [4.78, 5) is 12.1. The van der Waals surface area contributed by atoms with E-state index >= 15 is 0 Å². The molecule has 7 heteroatoms. The van der Waals surface area contributed by atoms with Gasteiger partial charge >= 0.3 is 0 Å². The highest BCUT2D eigenvalue weighted by Gasteiger charge is 2.18. The molecular formula is C16H21F2N4O+. The summed E-state index contributed by atoms with van der Waals surface area (Å²) < 4.78 is 28.3. The molecule has 0 aliphatic rings. The van der Waals surface area contributed by atoms with Crippen molar-refractivity contribution in [2.75, 3.05) is 11.9 Å². The van der Waals surface area contributed by atoms with Crippen molar-refractivity contribution in [1.29, 1.82) is 0 Å². The fourth-order valence-electron chi connectivity index (χ4n) is 2.43. The molecule has 5 nitrogen and oxygen atoms in total. The second-order valence-electron chi connectivity index (χ2n) is 5.61. The van der Waals surface area contributed by atoms with Crippen LogP contribution in [-0.4, -0.2) is 22.2 Å². The van der Waals surface area contributed by atoms with Crippen molar-refractivity contribution in [3.05, 3.63) is 46.8 Å². The first kappa shape index (κ1) is 17.1. The molecule has 0 aliphatic carbocycles. The number of quaternary nitrogens is 1. The van der Waals surface area contributed by atoms with Gasteiger partial charge in [0.25, 0.3) is 5.91 Å². The topological polar surface area (TPSA) is 63.5 Å². The summed E-state index contributed by atoms with van der Waals surface area (Å²) in [6.07, 6.45) is 0. The first-order valence-electron chi connectivity index (χ1n) is 7.38. The molecule has 0 fully saturated rings. The quantitative estimate of drug-likeness (QED) is 0.877. The zero-order chi connectivity index (χ0) is 17.1. The molecule has 0 saturated carbocycles. The van der Waals surface area contributed by atoms with Gasteiger partial charge in [-0.25, -0.2) is 8.78 Å². The predicted molar refractivity (Wildman–Crippen MR) is 82.9 cm³/mol. The standard InChI is InChI=1S/C16H20F2N4O/c1-9(13-6-5-12(17)7-14(13)18)19-8-15(23)20-16-10(2)21-22(4)11(16)3/h5-7,9,19H,8H2,1-4H3,(H,20,23)/p+1/t9-/m1/s1. The Morgan fingerprint density at radius 2 is 2.09 bits per heavy atom. The Hall–Kier alpha value is -2.28. The number of benzene rings is 1. The zero-order valence-corrected chi connectivity index (χ0v) is 13.7. The molecule has 23 heavy (non-hydrogen) atoms. The van der Waals surface area contributed by atoms with Crippen molar-refractivity contribution in [1.82, 2.24) is 9.78 Å². The lowest BCUT2D eigenvalue weighted by Gasteiger charge is -2.12. The smallest absolute Gasteiger partial charge is 0.279 e. The number of rotatable bonds is 5. The summed E-state index contributed by atoms with van der Waals surface area (Å²) in [5.74, 6) is -1.41. The van der Waals surface area contributed by atoms with E-state index in [9.17, 15) is 13.6 Å². The Balaban J connectivity index is 1.96. The van der Waals surface area contributed by atoms with Crippen molar-refractivity contribution in [3.8, 4) is 0 Å². The SMILES string of the molecule is Cc1nn(C)c(C)c1NC(=O)C[NH2+][C@H](C)c1ccc(F)cc1F. The fourth-order valence-corrected chi connectivity index (χ4v) is 2.43. The molecule has 1 heterocycles. The molecule has 1 atom stereocenters. The molecule has 3 N–H and O–H groups in total. The van der Waals surface area contributed by atoms with Crippen LogP contribution in [0, 0.1) is 25.5 Å². The summed E-state index contributed by atoms with van der Waals surface area (Å²) in [6.45, 7) is 5.59. The summed E-state index contributed by atoms with van der Waals surface area (Å²) >= 11 is 0. The van der Waals surface area contributed by atoms with E-state index in [1.54, 1.807) is 16.9 Å². The Kier molecular flexibility index (Phi) is 5.10. The lowest BCUT2D eigenvalue weighted by atomic mass is 10.1. The van der Waals surface area contributed by atoms with Gasteiger partial charge in [-0.05, 0) is 32.9 Å². The largest absolute Gasteiger partial charge is 0.332 e. The van der Waals surface area contributed by atoms with Crippen molar-refractivity contribution in [2.24, 2.45) is 7.05 Å². The molecule has 2 rings (SSSR count). The molecule has 0 spiro atoms. The normalized spacial score (nSPS) is 12.3. The average Bonchev–Trinajstić information content (AvgIpc) is 2.71. The van der Waals surface area contributed by atoms with Gasteiger partial charge in [0.2, 0.25) is 0 Å². The maximum Gasteiger partial charge on any atom is 0.279 e. The number of amides is 1. The van der Waals surface area contributed by atoms with Gasteiger partial charge in [0.1, 0.15) is 17.7 Å². The van der Waals surface area contributed by atoms with E-state index in [0.717, 1.165) is 17.5 Å². The number of nitrogens with one attached hydrogen (secondary N) is 1. The van der Waals surface area contributed by atoms with Gasteiger partial charge in [0, 0.05) is 18.7 Å². The van der Waals surface area contributed by atoms with E-state index in [1.807, 2.05) is 20.9 Å². The number of aromatic nitrogens is 2. The van der Waals surface area contributed by atoms with E-state index in [0.29, 0.717) is 11.3 Å². The molecule has 1 aromatic carbocycles. The van der Waals surface area contributed by atoms with Gasteiger partial charge < -0.3 is 10.6 Å². The number of nitrogens with zero attached hydrogens (tertiary/aromatic N) is 2. The second-order valence-corrected chi connectivity index (χ2v) is 5.61. The first-order valence-corrected chi connectivity index (χ1v) is 7.38. The average molecular weight is 323 g/mol. The van der Waals surface area contributed by atoms with Crippen molar-refractivity contribution >= 4 is 11.6 Å². The third-order valence-corrected chi connectivity index (χ3v) is 3.88. The van der Waals surface area contributed by atoms with Crippen LogP contribution in [0.5, 0.6) is 0 Å². The molecule has 1 aromatic heterocycles. The lowest BCUT2D eigenvalue weighted by Crippen LogP contribution is -2.86. The van der Waals surface area contributed by atoms with Crippen LogP contribution in [0.15, 0.2) is 18.2 Å². The van der Waals surface area contributed by atoms with Gasteiger partial charge in [-0.15, -0.1) is 0 Å². The Labute approximate surface area is 133 Å². The number of hydrogen-bond acceptors (Lipinski definition) is 2. The van der Waals surface area contributed by atoms with Crippen LogP contribution in [0.2, 0.25) is 0 Å². The van der Waals surface area contributed by atoms with Crippen LogP contribution in [-0.2, 0) is 11.8 Å². The minimum absolute atomic E-state index is 0.131. The van der Waals surface area contributed by atoms with Crippen LogP contribution in [0.4, 0.5) is 14.5 Å². The summed E-state index contributed by atoms with van der Waals surface area (Å²) in [5.41, 5.74) is 2.68. The number of halogens is 2. The monoisotopic (exact) mass is 323 g/mol. The highest BCUT2D eigenvalue weighted by Crippen LogP contribution is 2.18. The van der Waals surface area contributed by atoms with E-state index in [4.69, 9.17) is 0 Å². The van der Waals surface area contributed by atoms with Crippen molar-refractivity contribution in [2.45, 2.75) is 26.8 Å². The minimum atomic E-state index is -0.612. The van der Waals surface area contributed by atoms with Gasteiger partial charge in [-0.3, -0.25) is 9.48 Å². The molecule has 1 amide bonds. The van der Waals surface area contributed by atoms with E-state index in [-0.39, 0.29) is 18.5 Å². The molecule has 0 bridgehead atoms. The molecule has 124 valence electrons. The van der Waals surface area contributed by atoms with Gasteiger partial charge in [0.05, 0.1) is 17.1 Å². The number of anilines is 1. The maximum atomic E-state index is 13.7. The Morgan fingerprint density at radius 3 is 2.65 bits per heavy atom. The highest BCUT2D eigenvalue weighted by atomic mass is 19.1. The molecule has 0 radical (unpaired) electrons. The first-order chi connectivity index (χ1) is 10.8. The molecule has 2 aromatic rings. The third-order valence-electron chi connectivity index (χ3n) is 3.88. The van der Waals surface area contributed by atoms with E-state index in [1.165, 1.54) is 12.1 Å². The maximum absolute atomic E-state index is 13.7. The number of carbonyl (C=O) groups is 1. The third kappa shape index (κ3) is 3.92.